The number of hydrogen-bond donors (Lipinski definition) is 1. The SMILES string of the molecule is CCOC(=O)c1c[nH]c2scnc2c1=O. The Morgan fingerprint density at radius 2 is 2.47 bits per heavy atom. The minimum Gasteiger partial charge on any atom is -0.462 e. The number of carbonyl (C=O) groups is 1. The summed E-state index contributed by atoms with van der Waals surface area (Å²) in [5.74, 6) is -0.617. The van der Waals surface area contributed by atoms with Crippen molar-refractivity contribution in [1.29, 1.82) is 0 Å². The van der Waals surface area contributed by atoms with Gasteiger partial charge in [0.2, 0.25) is 5.43 Å². The summed E-state index contributed by atoms with van der Waals surface area (Å²) < 4.78 is 4.75. The number of rotatable bonds is 2. The number of fused-ring (bicyclic) bond motifs is 1. The van der Waals surface area contributed by atoms with Crippen molar-refractivity contribution in [2.75, 3.05) is 6.61 Å². The molecule has 0 spiro atoms. The van der Waals surface area contributed by atoms with Crippen molar-refractivity contribution in [3.63, 3.8) is 0 Å². The fraction of sp³-hybridized carbons (Fsp3) is 0.222. The zero-order valence-electron chi connectivity index (χ0n) is 7.94. The Kier molecular flexibility index (Phi) is 2.51. The van der Waals surface area contributed by atoms with E-state index >= 15 is 0 Å². The van der Waals surface area contributed by atoms with Gasteiger partial charge < -0.3 is 9.72 Å². The van der Waals surface area contributed by atoms with Crippen LogP contribution in [0.3, 0.4) is 0 Å². The zero-order valence-corrected chi connectivity index (χ0v) is 8.76. The number of carbonyl (C=O) groups excluding carboxylic acids is 1. The molecular formula is C9H8N2O3S. The Hall–Kier alpha value is -1.69. The highest BCUT2D eigenvalue weighted by Crippen LogP contribution is 2.11. The van der Waals surface area contributed by atoms with E-state index in [1.807, 2.05) is 0 Å². The van der Waals surface area contributed by atoms with Crippen LogP contribution in [0.4, 0.5) is 0 Å². The molecule has 0 aliphatic rings. The van der Waals surface area contributed by atoms with Crippen LogP contribution < -0.4 is 5.43 Å². The number of aromatic nitrogens is 2. The first-order chi connectivity index (χ1) is 7.24. The second-order valence-corrected chi connectivity index (χ2v) is 3.64. The topological polar surface area (TPSA) is 72.1 Å². The molecule has 0 aliphatic carbocycles. The van der Waals surface area contributed by atoms with Crippen LogP contribution in [0.15, 0.2) is 16.5 Å². The standard InChI is InChI=1S/C9H8N2O3S/c1-2-14-9(13)5-3-10-8-6(7(5)12)11-4-15-8/h3-4H,2H2,1H3,(H,10,12). The molecular weight excluding hydrogens is 216 g/mol. The van der Waals surface area contributed by atoms with Gasteiger partial charge in [-0.25, -0.2) is 9.78 Å². The third-order valence-corrected chi connectivity index (χ3v) is 2.63. The van der Waals surface area contributed by atoms with Crippen LogP contribution in [0.1, 0.15) is 17.3 Å². The number of thiazole rings is 1. The highest BCUT2D eigenvalue weighted by Gasteiger charge is 2.14. The molecule has 2 aromatic rings. The van der Waals surface area contributed by atoms with Crippen molar-refractivity contribution in [3.05, 3.63) is 27.5 Å². The molecule has 5 nitrogen and oxygen atoms in total. The predicted molar refractivity (Wildman–Crippen MR) is 56.2 cm³/mol. The number of pyridine rings is 1. The lowest BCUT2D eigenvalue weighted by Gasteiger charge is -1.99. The third-order valence-electron chi connectivity index (χ3n) is 1.87. The summed E-state index contributed by atoms with van der Waals surface area (Å²) >= 11 is 1.32. The van der Waals surface area contributed by atoms with Crippen LogP contribution in [-0.4, -0.2) is 22.5 Å². The maximum absolute atomic E-state index is 11.7. The Labute approximate surface area is 88.7 Å². The van der Waals surface area contributed by atoms with Crippen molar-refractivity contribution >= 4 is 27.7 Å². The molecule has 0 saturated heterocycles. The summed E-state index contributed by atoms with van der Waals surface area (Å²) in [4.78, 5) is 30.5. The lowest BCUT2D eigenvalue weighted by Crippen LogP contribution is -2.17. The molecule has 1 N–H and O–H groups in total. The molecule has 0 fully saturated rings. The number of nitrogens with one attached hydrogen (secondary N) is 1. The second-order valence-electron chi connectivity index (χ2n) is 2.78. The van der Waals surface area contributed by atoms with Crippen molar-refractivity contribution < 1.29 is 9.53 Å². The van der Waals surface area contributed by atoms with Gasteiger partial charge in [0.25, 0.3) is 0 Å². The van der Waals surface area contributed by atoms with Gasteiger partial charge in [0.05, 0.1) is 12.1 Å². The number of nitrogens with zero attached hydrogens (tertiary/aromatic N) is 1. The molecule has 15 heavy (non-hydrogen) atoms. The van der Waals surface area contributed by atoms with E-state index in [2.05, 4.69) is 9.97 Å². The van der Waals surface area contributed by atoms with Gasteiger partial charge in [0.1, 0.15) is 15.9 Å². The summed E-state index contributed by atoms with van der Waals surface area (Å²) in [5, 5.41) is 0. The van der Waals surface area contributed by atoms with E-state index in [9.17, 15) is 9.59 Å². The first kappa shape index (κ1) is 9.85. The monoisotopic (exact) mass is 224 g/mol. The fourth-order valence-corrected chi connectivity index (χ4v) is 1.85. The molecule has 0 atom stereocenters. The quantitative estimate of drug-likeness (QED) is 0.777. The molecule has 0 aliphatic heterocycles. The largest absolute Gasteiger partial charge is 0.462 e. The average Bonchev–Trinajstić information content (AvgIpc) is 2.67. The Morgan fingerprint density at radius 3 is 3.20 bits per heavy atom. The number of hydrogen-bond acceptors (Lipinski definition) is 5. The Morgan fingerprint density at radius 1 is 1.67 bits per heavy atom. The third kappa shape index (κ3) is 1.63. The first-order valence-corrected chi connectivity index (χ1v) is 5.24. The van der Waals surface area contributed by atoms with Gasteiger partial charge in [0, 0.05) is 6.20 Å². The minimum atomic E-state index is -0.617. The molecule has 6 heteroatoms. The summed E-state index contributed by atoms with van der Waals surface area (Å²) in [7, 11) is 0. The lowest BCUT2D eigenvalue weighted by molar-refractivity contribution is 0.0524. The number of esters is 1. The van der Waals surface area contributed by atoms with Gasteiger partial charge in [-0.3, -0.25) is 4.79 Å². The predicted octanol–water partition coefficient (Wildman–Crippen LogP) is 1.16. The van der Waals surface area contributed by atoms with Gasteiger partial charge in [-0.05, 0) is 6.92 Å². The molecule has 0 bridgehead atoms. The highest BCUT2D eigenvalue weighted by molar-refractivity contribution is 7.16. The molecule has 0 unspecified atom stereocenters. The second kappa shape index (κ2) is 3.82. The van der Waals surface area contributed by atoms with Gasteiger partial charge in [-0.2, -0.15) is 0 Å². The molecule has 2 heterocycles. The van der Waals surface area contributed by atoms with E-state index in [-0.39, 0.29) is 23.1 Å². The number of H-pyrrole nitrogens is 1. The molecule has 78 valence electrons. The Balaban J connectivity index is 2.57. The van der Waals surface area contributed by atoms with Gasteiger partial charge >= 0.3 is 5.97 Å². The number of ether oxygens (including phenoxy) is 1. The van der Waals surface area contributed by atoms with Crippen LogP contribution in [0.25, 0.3) is 10.3 Å². The number of aromatic amines is 1. The zero-order chi connectivity index (χ0) is 10.8. The summed E-state index contributed by atoms with van der Waals surface area (Å²) in [6, 6.07) is 0. The molecule has 0 amide bonds. The van der Waals surface area contributed by atoms with Crippen molar-refractivity contribution in [2.24, 2.45) is 0 Å². The maximum atomic E-state index is 11.7. The molecule has 0 saturated carbocycles. The van der Waals surface area contributed by atoms with E-state index < -0.39 is 5.97 Å². The molecule has 0 aromatic carbocycles. The minimum absolute atomic E-state index is 0.00440. The summed E-state index contributed by atoms with van der Waals surface area (Å²) in [6.45, 7) is 1.93. The fourth-order valence-electron chi connectivity index (χ4n) is 1.20. The van der Waals surface area contributed by atoms with E-state index in [0.29, 0.717) is 4.83 Å². The summed E-state index contributed by atoms with van der Waals surface area (Å²) in [6.07, 6.45) is 1.36. The summed E-state index contributed by atoms with van der Waals surface area (Å²) in [5.41, 5.74) is 1.45. The van der Waals surface area contributed by atoms with E-state index in [1.165, 1.54) is 17.5 Å². The highest BCUT2D eigenvalue weighted by atomic mass is 32.1. The van der Waals surface area contributed by atoms with Crippen molar-refractivity contribution in [2.45, 2.75) is 6.92 Å². The van der Waals surface area contributed by atoms with Crippen LogP contribution >= 0.6 is 11.3 Å². The van der Waals surface area contributed by atoms with Crippen LogP contribution in [0.2, 0.25) is 0 Å². The Bertz CT molecular complexity index is 558. The van der Waals surface area contributed by atoms with E-state index in [4.69, 9.17) is 4.74 Å². The van der Waals surface area contributed by atoms with Crippen LogP contribution in [-0.2, 0) is 4.74 Å². The van der Waals surface area contributed by atoms with Gasteiger partial charge in [-0.1, -0.05) is 0 Å². The normalized spacial score (nSPS) is 10.5. The van der Waals surface area contributed by atoms with Crippen LogP contribution in [0, 0.1) is 0 Å². The molecule has 0 radical (unpaired) electrons. The van der Waals surface area contributed by atoms with E-state index in [0.717, 1.165) is 0 Å². The van der Waals surface area contributed by atoms with E-state index in [1.54, 1.807) is 12.4 Å². The van der Waals surface area contributed by atoms with Crippen LogP contribution in [0.5, 0.6) is 0 Å². The smallest absolute Gasteiger partial charge is 0.343 e. The lowest BCUT2D eigenvalue weighted by atomic mass is 10.2. The maximum Gasteiger partial charge on any atom is 0.343 e. The first-order valence-electron chi connectivity index (χ1n) is 4.36. The molecule has 2 aromatic heterocycles. The van der Waals surface area contributed by atoms with Crippen molar-refractivity contribution in [1.82, 2.24) is 9.97 Å². The average molecular weight is 224 g/mol. The van der Waals surface area contributed by atoms with Crippen molar-refractivity contribution in [3.8, 4) is 0 Å². The molecule has 2 rings (SSSR count). The van der Waals surface area contributed by atoms with Gasteiger partial charge in [0.15, 0.2) is 0 Å². The van der Waals surface area contributed by atoms with Gasteiger partial charge in [-0.15, -0.1) is 11.3 Å².